The number of aliphatic hydroxyl groups excluding tert-OH is 1. The number of hydrogen-bond donors (Lipinski definition) is 7. The fourth-order valence-electron chi connectivity index (χ4n) is 2.67. The van der Waals surface area contributed by atoms with Crippen LogP contribution in [0.4, 0.5) is 0 Å². The van der Waals surface area contributed by atoms with E-state index in [0.717, 1.165) is 16.5 Å². The summed E-state index contributed by atoms with van der Waals surface area (Å²) in [6.45, 7) is 1.35. The average molecular weight is 408 g/mol. The Morgan fingerprint density at radius 3 is 2.43 bits per heavy atom. The highest BCUT2D eigenvalue weighted by molar-refractivity contribution is 7.80. The van der Waals surface area contributed by atoms with Gasteiger partial charge >= 0.3 is 5.97 Å². The van der Waals surface area contributed by atoms with Crippen molar-refractivity contribution in [3.63, 3.8) is 0 Å². The largest absolute Gasteiger partial charge is 0.480 e. The van der Waals surface area contributed by atoms with Gasteiger partial charge in [-0.1, -0.05) is 18.2 Å². The Morgan fingerprint density at radius 1 is 1.18 bits per heavy atom. The first-order chi connectivity index (χ1) is 13.2. The van der Waals surface area contributed by atoms with Crippen LogP contribution < -0.4 is 16.4 Å². The summed E-state index contributed by atoms with van der Waals surface area (Å²) in [5.74, 6) is -2.70. The van der Waals surface area contributed by atoms with Gasteiger partial charge in [-0.2, -0.15) is 12.6 Å². The van der Waals surface area contributed by atoms with Gasteiger partial charge in [0.25, 0.3) is 0 Å². The topological polar surface area (TPSA) is 158 Å². The number of carbonyl (C=O) groups excluding carboxylic acids is 2. The highest BCUT2D eigenvalue weighted by atomic mass is 32.1. The van der Waals surface area contributed by atoms with Crippen molar-refractivity contribution in [1.29, 1.82) is 0 Å². The second kappa shape index (κ2) is 9.58. The quantitative estimate of drug-likeness (QED) is 0.275. The lowest BCUT2D eigenvalue weighted by molar-refractivity contribution is -0.142. The molecule has 10 heteroatoms. The molecule has 152 valence electrons. The number of carboxylic acid groups (broad SMARTS) is 1. The highest BCUT2D eigenvalue weighted by Crippen LogP contribution is 2.19. The van der Waals surface area contributed by atoms with E-state index in [4.69, 9.17) is 5.73 Å². The number of nitrogens with two attached hydrogens (primary N) is 1. The Bertz CT molecular complexity index is 853. The van der Waals surface area contributed by atoms with Gasteiger partial charge < -0.3 is 31.6 Å². The van der Waals surface area contributed by atoms with Crippen LogP contribution in [0.25, 0.3) is 10.9 Å². The Morgan fingerprint density at radius 2 is 1.82 bits per heavy atom. The van der Waals surface area contributed by atoms with E-state index in [1.807, 2.05) is 24.3 Å². The maximum atomic E-state index is 12.5. The van der Waals surface area contributed by atoms with Gasteiger partial charge in [0.1, 0.15) is 18.1 Å². The first kappa shape index (κ1) is 21.7. The van der Waals surface area contributed by atoms with Gasteiger partial charge in [-0.15, -0.1) is 0 Å². The van der Waals surface area contributed by atoms with Crippen molar-refractivity contribution in [2.75, 3.05) is 5.75 Å². The summed E-state index contributed by atoms with van der Waals surface area (Å²) < 4.78 is 0. The summed E-state index contributed by atoms with van der Waals surface area (Å²) >= 11 is 4.03. The zero-order valence-corrected chi connectivity index (χ0v) is 16.1. The Hall–Kier alpha value is -2.56. The minimum absolute atomic E-state index is 0.0610. The number of aromatic amines is 1. The van der Waals surface area contributed by atoms with Crippen molar-refractivity contribution < 1.29 is 24.6 Å². The number of amides is 2. The van der Waals surface area contributed by atoms with E-state index >= 15 is 0 Å². The number of carbonyl (C=O) groups is 3. The number of benzene rings is 1. The van der Waals surface area contributed by atoms with Crippen LogP contribution in [0.5, 0.6) is 0 Å². The standard InChI is InChI=1S/C18H24N4O5S/c1-9(23)15(19)17(25)22-14(8-28)16(24)21-13(18(26)27)6-10-7-20-12-5-3-2-4-11(10)12/h2-5,7,9,13-15,20,23,28H,6,8,19H2,1H3,(H,21,24)(H,22,25)(H,26,27)/t9-,13+,14+,15+/m1/s1. The molecule has 0 saturated heterocycles. The fraction of sp³-hybridized carbons (Fsp3) is 0.389. The predicted octanol–water partition coefficient (Wildman–Crippen LogP) is -0.597. The molecule has 0 radical (unpaired) electrons. The molecule has 0 saturated carbocycles. The van der Waals surface area contributed by atoms with Crippen molar-refractivity contribution in [3.05, 3.63) is 36.0 Å². The molecule has 0 fully saturated rings. The van der Waals surface area contributed by atoms with E-state index in [-0.39, 0.29) is 12.2 Å². The maximum absolute atomic E-state index is 12.5. The second-order valence-electron chi connectivity index (χ2n) is 6.47. The van der Waals surface area contributed by atoms with E-state index in [1.54, 1.807) is 6.20 Å². The van der Waals surface area contributed by atoms with Crippen molar-refractivity contribution >= 4 is 41.3 Å². The maximum Gasteiger partial charge on any atom is 0.326 e. The Balaban J connectivity index is 2.08. The molecule has 1 aromatic carbocycles. The van der Waals surface area contributed by atoms with Crippen LogP contribution in [-0.4, -0.2) is 63.0 Å². The summed E-state index contributed by atoms with van der Waals surface area (Å²) in [6.07, 6.45) is 0.662. The smallest absolute Gasteiger partial charge is 0.326 e. The molecule has 0 aliphatic heterocycles. The SMILES string of the molecule is C[C@@H](O)[C@H](N)C(=O)N[C@@H](CS)C(=O)N[C@@H](Cc1c[nH]c2ccccc12)C(=O)O. The molecule has 7 N–H and O–H groups in total. The molecule has 28 heavy (non-hydrogen) atoms. The van der Waals surface area contributed by atoms with Crippen molar-refractivity contribution in [2.24, 2.45) is 5.73 Å². The van der Waals surface area contributed by atoms with Crippen molar-refractivity contribution in [1.82, 2.24) is 15.6 Å². The normalized spacial score (nSPS) is 15.4. The number of thiol groups is 1. The van der Waals surface area contributed by atoms with Crippen LogP contribution in [0.3, 0.4) is 0 Å². The van der Waals surface area contributed by atoms with Crippen LogP contribution in [0.1, 0.15) is 12.5 Å². The van der Waals surface area contributed by atoms with Crippen molar-refractivity contribution in [3.8, 4) is 0 Å². The van der Waals surface area contributed by atoms with E-state index in [0.29, 0.717) is 0 Å². The first-order valence-corrected chi connectivity index (χ1v) is 9.31. The monoisotopic (exact) mass is 408 g/mol. The molecule has 2 amide bonds. The predicted molar refractivity (Wildman–Crippen MR) is 107 cm³/mol. The summed E-state index contributed by atoms with van der Waals surface area (Å²) in [6, 6.07) is 3.92. The van der Waals surface area contributed by atoms with E-state index in [9.17, 15) is 24.6 Å². The lowest BCUT2D eigenvalue weighted by Gasteiger charge is -2.22. The number of fused-ring (bicyclic) bond motifs is 1. The van der Waals surface area contributed by atoms with Crippen molar-refractivity contribution in [2.45, 2.75) is 37.6 Å². The Kier molecular flexibility index (Phi) is 7.44. The minimum atomic E-state index is -1.21. The third-order valence-corrected chi connectivity index (χ3v) is 4.72. The number of aliphatic carboxylic acids is 1. The molecule has 1 aromatic heterocycles. The highest BCUT2D eigenvalue weighted by Gasteiger charge is 2.28. The number of nitrogens with one attached hydrogen (secondary N) is 3. The number of hydrogen-bond acceptors (Lipinski definition) is 6. The number of para-hydroxylation sites is 1. The molecule has 0 spiro atoms. The third-order valence-electron chi connectivity index (χ3n) is 4.35. The van der Waals surface area contributed by atoms with E-state index < -0.39 is 42.0 Å². The molecule has 0 aliphatic carbocycles. The van der Waals surface area contributed by atoms with E-state index in [1.165, 1.54) is 6.92 Å². The van der Waals surface area contributed by atoms with Crippen LogP contribution >= 0.6 is 12.6 Å². The van der Waals surface area contributed by atoms with Crippen LogP contribution in [0.15, 0.2) is 30.5 Å². The number of carboxylic acids is 1. The number of aliphatic hydroxyl groups is 1. The van der Waals surface area contributed by atoms with Crippen LogP contribution in [0, 0.1) is 0 Å². The van der Waals surface area contributed by atoms with E-state index in [2.05, 4.69) is 28.2 Å². The molecule has 4 atom stereocenters. The molecule has 9 nitrogen and oxygen atoms in total. The van der Waals surface area contributed by atoms with Gasteiger partial charge in [-0.05, 0) is 18.6 Å². The summed E-state index contributed by atoms with van der Waals surface area (Å²) in [4.78, 5) is 39.1. The fourth-order valence-corrected chi connectivity index (χ4v) is 2.93. The molecule has 0 aliphatic rings. The molecule has 2 aromatic rings. The van der Waals surface area contributed by atoms with Crippen LogP contribution in [0.2, 0.25) is 0 Å². The summed E-state index contributed by atoms with van der Waals surface area (Å²) in [7, 11) is 0. The van der Waals surface area contributed by atoms with Gasteiger partial charge in [0.2, 0.25) is 11.8 Å². The average Bonchev–Trinajstić information content (AvgIpc) is 3.07. The second-order valence-corrected chi connectivity index (χ2v) is 6.84. The zero-order chi connectivity index (χ0) is 20.8. The molecule has 1 heterocycles. The molecular weight excluding hydrogens is 384 g/mol. The van der Waals surface area contributed by atoms with Gasteiger partial charge in [0, 0.05) is 29.3 Å². The third kappa shape index (κ3) is 5.24. The lowest BCUT2D eigenvalue weighted by Crippen LogP contribution is -2.57. The molecular formula is C18H24N4O5S. The lowest BCUT2D eigenvalue weighted by atomic mass is 10.0. The minimum Gasteiger partial charge on any atom is -0.480 e. The molecule has 0 unspecified atom stereocenters. The van der Waals surface area contributed by atoms with Crippen LogP contribution in [-0.2, 0) is 20.8 Å². The molecule has 0 bridgehead atoms. The number of aromatic nitrogens is 1. The van der Waals surface area contributed by atoms with Gasteiger partial charge in [0.05, 0.1) is 6.10 Å². The summed E-state index contributed by atoms with van der Waals surface area (Å²) in [5, 5.41) is 24.5. The van der Waals surface area contributed by atoms with Gasteiger partial charge in [0.15, 0.2) is 0 Å². The number of rotatable bonds is 9. The van der Waals surface area contributed by atoms with Gasteiger partial charge in [-0.3, -0.25) is 9.59 Å². The summed E-state index contributed by atoms with van der Waals surface area (Å²) in [5.41, 5.74) is 7.14. The molecule has 2 rings (SSSR count). The first-order valence-electron chi connectivity index (χ1n) is 8.67. The zero-order valence-electron chi connectivity index (χ0n) is 15.3. The Labute approximate surface area is 167 Å². The number of H-pyrrole nitrogens is 1. The van der Waals surface area contributed by atoms with Gasteiger partial charge in [-0.25, -0.2) is 4.79 Å².